The molecule has 1 aromatic rings. The van der Waals surface area contributed by atoms with Crippen molar-refractivity contribution in [2.75, 3.05) is 0 Å². The Morgan fingerprint density at radius 2 is 1.94 bits per heavy atom. The second-order valence-corrected chi connectivity index (χ2v) is 5.40. The van der Waals surface area contributed by atoms with Gasteiger partial charge >= 0.3 is 0 Å². The largest absolute Gasteiger partial charge is 0.298 e. The third-order valence-electron chi connectivity index (χ3n) is 4.18. The van der Waals surface area contributed by atoms with E-state index in [0.717, 1.165) is 24.2 Å². The molecule has 2 rings (SSSR count). The van der Waals surface area contributed by atoms with Crippen LogP contribution in [0.2, 0.25) is 0 Å². The molecule has 1 unspecified atom stereocenters. The van der Waals surface area contributed by atoms with Gasteiger partial charge in [0.05, 0.1) is 0 Å². The lowest BCUT2D eigenvalue weighted by molar-refractivity contribution is 0.112. The van der Waals surface area contributed by atoms with E-state index in [1.54, 1.807) is 0 Å². The molecule has 0 amide bonds. The smallest absolute Gasteiger partial charge is 0.150 e. The zero-order chi connectivity index (χ0) is 12.1. The molecule has 92 valence electrons. The van der Waals surface area contributed by atoms with Crippen LogP contribution in [0.3, 0.4) is 0 Å². The number of benzene rings is 1. The molecule has 1 nitrogen and oxygen atoms in total. The predicted octanol–water partition coefficient (Wildman–Crippen LogP) is 4.26. The number of carbonyl (C=O) groups is 1. The molecular weight excluding hydrogens is 208 g/mol. The molecule has 0 spiro atoms. The van der Waals surface area contributed by atoms with Crippen molar-refractivity contribution < 1.29 is 4.79 Å². The van der Waals surface area contributed by atoms with Crippen LogP contribution < -0.4 is 0 Å². The highest BCUT2D eigenvalue weighted by Crippen LogP contribution is 2.31. The van der Waals surface area contributed by atoms with E-state index in [2.05, 4.69) is 13.0 Å². The maximum Gasteiger partial charge on any atom is 0.150 e. The summed E-state index contributed by atoms with van der Waals surface area (Å²) in [6, 6.07) is 8.01. The molecule has 1 heteroatoms. The van der Waals surface area contributed by atoms with Gasteiger partial charge in [0.25, 0.3) is 0 Å². The fourth-order valence-electron chi connectivity index (χ4n) is 3.05. The van der Waals surface area contributed by atoms with Crippen LogP contribution in [0.15, 0.2) is 24.3 Å². The van der Waals surface area contributed by atoms with E-state index >= 15 is 0 Å². The number of aldehydes is 1. The van der Waals surface area contributed by atoms with E-state index in [9.17, 15) is 4.79 Å². The molecule has 0 N–H and O–H groups in total. The summed E-state index contributed by atoms with van der Waals surface area (Å²) in [4.78, 5) is 11.0. The van der Waals surface area contributed by atoms with E-state index in [0.29, 0.717) is 5.92 Å². The lowest BCUT2D eigenvalue weighted by atomic mass is 9.78. The first-order valence-corrected chi connectivity index (χ1v) is 6.84. The van der Waals surface area contributed by atoms with Crippen molar-refractivity contribution in [1.29, 1.82) is 0 Å². The van der Waals surface area contributed by atoms with Crippen molar-refractivity contribution in [3.05, 3.63) is 35.4 Å². The van der Waals surface area contributed by atoms with Gasteiger partial charge < -0.3 is 0 Å². The normalized spacial score (nSPS) is 18.9. The lowest BCUT2D eigenvalue weighted by Gasteiger charge is -2.28. The fourth-order valence-corrected chi connectivity index (χ4v) is 3.05. The van der Waals surface area contributed by atoms with Gasteiger partial charge in [-0.2, -0.15) is 0 Å². The van der Waals surface area contributed by atoms with Gasteiger partial charge in [-0.3, -0.25) is 4.79 Å². The molecule has 1 aliphatic rings. The van der Waals surface area contributed by atoms with Gasteiger partial charge in [-0.25, -0.2) is 0 Å². The van der Waals surface area contributed by atoms with Crippen LogP contribution in [-0.2, 0) is 6.42 Å². The summed E-state index contributed by atoms with van der Waals surface area (Å²) in [5.41, 5.74) is 2.09. The number of hydrogen-bond donors (Lipinski definition) is 0. The molecule has 0 radical (unpaired) electrons. The minimum atomic E-state index is 0.705. The van der Waals surface area contributed by atoms with Gasteiger partial charge in [-0.1, -0.05) is 63.3 Å². The summed E-state index contributed by atoms with van der Waals surface area (Å²) >= 11 is 0. The quantitative estimate of drug-likeness (QED) is 0.706. The number of hydrogen-bond acceptors (Lipinski definition) is 1. The minimum absolute atomic E-state index is 0.705. The van der Waals surface area contributed by atoms with Crippen molar-refractivity contribution in [1.82, 2.24) is 0 Å². The van der Waals surface area contributed by atoms with Crippen molar-refractivity contribution in [3.8, 4) is 0 Å². The molecular formula is C16H22O. The third-order valence-corrected chi connectivity index (χ3v) is 4.18. The van der Waals surface area contributed by atoms with Crippen molar-refractivity contribution in [2.24, 2.45) is 11.8 Å². The van der Waals surface area contributed by atoms with Crippen LogP contribution in [0.1, 0.15) is 54.9 Å². The predicted molar refractivity (Wildman–Crippen MR) is 71.3 cm³/mol. The molecule has 1 atom stereocenters. The summed E-state index contributed by atoms with van der Waals surface area (Å²) in [7, 11) is 0. The van der Waals surface area contributed by atoms with E-state index < -0.39 is 0 Å². The summed E-state index contributed by atoms with van der Waals surface area (Å²) in [6.45, 7) is 2.34. The van der Waals surface area contributed by atoms with Crippen molar-refractivity contribution >= 4 is 6.29 Å². The second-order valence-electron chi connectivity index (χ2n) is 5.40. The number of rotatable bonds is 4. The molecule has 17 heavy (non-hydrogen) atoms. The van der Waals surface area contributed by atoms with E-state index in [4.69, 9.17) is 0 Å². The molecule has 0 aromatic heterocycles. The second kappa shape index (κ2) is 6.00. The highest BCUT2D eigenvalue weighted by molar-refractivity contribution is 5.77. The highest BCUT2D eigenvalue weighted by atomic mass is 16.1. The molecule has 0 heterocycles. The standard InChI is InChI=1S/C16H22O/c1-13(14-7-3-2-4-8-14)11-15-9-5-6-10-16(15)12-17/h5-6,9-10,12-14H,2-4,7-8,11H2,1H3. The zero-order valence-electron chi connectivity index (χ0n) is 10.7. The molecule has 1 aromatic carbocycles. The molecule has 1 fully saturated rings. The highest BCUT2D eigenvalue weighted by Gasteiger charge is 2.20. The van der Waals surface area contributed by atoms with Gasteiger partial charge in [-0.15, -0.1) is 0 Å². The van der Waals surface area contributed by atoms with Gasteiger partial charge in [0, 0.05) is 5.56 Å². The van der Waals surface area contributed by atoms with Crippen LogP contribution in [0.25, 0.3) is 0 Å². The monoisotopic (exact) mass is 230 g/mol. The zero-order valence-corrected chi connectivity index (χ0v) is 10.7. The molecule has 1 saturated carbocycles. The van der Waals surface area contributed by atoms with Gasteiger partial charge in [0.2, 0.25) is 0 Å². The Hall–Kier alpha value is -1.11. The Kier molecular flexibility index (Phi) is 4.36. The van der Waals surface area contributed by atoms with E-state index in [1.807, 2.05) is 18.2 Å². The number of carbonyl (C=O) groups excluding carboxylic acids is 1. The topological polar surface area (TPSA) is 17.1 Å². The maximum atomic E-state index is 11.0. The summed E-state index contributed by atoms with van der Waals surface area (Å²) in [6.07, 6.45) is 9.00. The van der Waals surface area contributed by atoms with Gasteiger partial charge in [0.15, 0.2) is 0 Å². The summed E-state index contributed by atoms with van der Waals surface area (Å²) in [5.74, 6) is 1.57. The first kappa shape index (κ1) is 12.3. The minimum Gasteiger partial charge on any atom is -0.298 e. The first-order valence-electron chi connectivity index (χ1n) is 6.84. The molecule has 0 saturated heterocycles. The lowest BCUT2D eigenvalue weighted by Crippen LogP contribution is -2.17. The third kappa shape index (κ3) is 3.18. The van der Waals surface area contributed by atoms with E-state index in [1.165, 1.54) is 37.7 Å². The average molecular weight is 230 g/mol. The van der Waals surface area contributed by atoms with Gasteiger partial charge in [0.1, 0.15) is 6.29 Å². The average Bonchev–Trinajstić information content (AvgIpc) is 2.40. The van der Waals surface area contributed by atoms with Crippen LogP contribution in [0, 0.1) is 11.8 Å². The van der Waals surface area contributed by atoms with Crippen LogP contribution in [0.5, 0.6) is 0 Å². The van der Waals surface area contributed by atoms with Crippen LogP contribution >= 0.6 is 0 Å². The molecule has 1 aliphatic carbocycles. The van der Waals surface area contributed by atoms with Gasteiger partial charge in [-0.05, 0) is 23.8 Å². The fraction of sp³-hybridized carbons (Fsp3) is 0.562. The first-order chi connectivity index (χ1) is 8.31. The Morgan fingerprint density at radius 1 is 1.24 bits per heavy atom. The summed E-state index contributed by atoms with van der Waals surface area (Å²) < 4.78 is 0. The van der Waals surface area contributed by atoms with E-state index in [-0.39, 0.29) is 0 Å². The van der Waals surface area contributed by atoms with Crippen molar-refractivity contribution in [3.63, 3.8) is 0 Å². The Labute approximate surface area is 104 Å². The molecule has 0 bridgehead atoms. The summed E-state index contributed by atoms with van der Waals surface area (Å²) in [5, 5.41) is 0. The molecule has 0 aliphatic heterocycles. The Bertz CT molecular complexity index is 364. The Balaban J connectivity index is 2.01. The maximum absolute atomic E-state index is 11.0. The van der Waals surface area contributed by atoms with Crippen molar-refractivity contribution in [2.45, 2.75) is 45.4 Å². The SMILES string of the molecule is CC(Cc1ccccc1C=O)C1CCCCC1. The van der Waals surface area contributed by atoms with Crippen LogP contribution in [0.4, 0.5) is 0 Å². The Morgan fingerprint density at radius 3 is 2.65 bits per heavy atom. The van der Waals surface area contributed by atoms with Crippen LogP contribution in [-0.4, -0.2) is 6.29 Å².